The number of anilines is 1. The van der Waals surface area contributed by atoms with Gasteiger partial charge in [0.2, 0.25) is 11.8 Å². The number of fused-ring (bicyclic) bond motifs is 1. The molecule has 0 saturated carbocycles. The van der Waals surface area contributed by atoms with Crippen molar-refractivity contribution in [2.45, 2.75) is 38.6 Å². The summed E-state index contributed by atoms with van der Waals surface area (Å²) in [6.45, 7) is 4.28. The van der Waals surface area contributed by atoms with Crippen LogP contribution in [0.4, 0.5) is 5.95 Å². The lowest BCUT2D eigenvalue weighted by Crippen LogP contribution is -2.37. The number of likely N-dealkylation sites (tertiary alicyclic amines) is 1. The van der Waals surface area contributed by atoms with Gasteiger partial charge in [0.15, 0.2) is 5.75 Å². The maximum Gasteiger partial charge on any atom is 0.329 e. The fourth-order valence-electron chi connectivity index (χ4n) is 5.23. The Morgan fingerprint density at radius 2 is 1.74 bits per heavy atom. The molecule has 0 amide bonds. The van der Waals surface area contributed by atoms with E-state index in [1.54, 1.807) is 18.5 Å². The first-order chi connectivity index (χ1) is 20.4. The van der Waals surface area contributed by atoms with Crippen LogP contribution in [0.2, 0.25) is 10.0 Å². The maximum atomic E-state index is 10.8. The molecule has 42 heavy (non-hydrogen) atoms. The van der Waals surface area contributed by atoms with Gasteiger partial charge in [0.05, 0.1) is 42.8 Å². The predicted octanol–water partition coefficient (Wildman–Crippen LogP) is 4.92. The van der Waals surface area contributed by atoms with Crippen molar-refractivity contribution in [1.82, 2.24) is 29.4 Å². The first-order valence-corrected chi connectivity index (χ1v) is 14.4. The van der Waals surface area contributed by atoms with Crippen molar-refractivity contribution in [3.05, 3.63) is 76.6 Å². The summed E-state index contributed by atoms with van der Waals surface area (Å²) in [5.74, 6) is 0.546. The monoisotopic (exact) mass is 609 g/mol. The molecule has 0 radical (unpaired) electrons. The smallest absolute Gasteiger partial charge is 0.329 e. The average Bonchev–Trinajstić information content (AvgIpc) is 3.45. The summed E-state index contributed by atoms with van der Waals surface area (Å²) in [7, 11) is 0. The molecule has 0 atom stereocenters. The number of hydrogen-bond donors (Lipinski definition) is 1. The van der Waals surface area contributed by atoms with Crippen LogP contribution in [0.25, 0.3) is 11.3 Å². The average molecular weight is 611 g/mol. The number of carboxylic acid groups (broad SMARTS) is 1. The van der Waals surface area contributed by atoms with E-state index in [1.807, 2.05) is 36.8 Å². The number of halogens is 2. The number of aromatic nitrogens is 5. The lowest BCUT2D eigenvalue weighted by Gasteiger charge is -2.31. The summed E-state index contributed by atoms with van der Waals surface area (Å²) in [5.41, 5.74) is 3.57. The van der Waals surface area contributed by atoms with Gasteiger partial charge in [0.25, 0.3) is 0 Å². The molecule has 0 bridgehead atoms. The Labute approximate surface area is 252 Å². The molecule has 3 aromatic heterocycles. The van der Waals surface area contributed by atoms with Gasteiger partial charge in [-0.1, -0.05) is 23.2 Å². The minimum Gasteiger partial charge on any atom is -0.480 e. The number of rotatable bonds is 9. The summed E-state index contributed by atoms with van der Waals surface area (Å²) < 4.78 is 13.8. The highest BCUT2D eigenvalue weighted by Crippen LogP contribution is 2.31. The van der Waals surface area contributed by atoms with E-state index in [9.17, 15) is 4.79 Å². The van der Waals surface area contributed by atoms with Crippen molar-refractivity contribution >= 4 is 35.1 Å². The Balaban J connectivity index is 1.19. The van der Waals surface area contributed by atoms with Crippen molar-refractivity contribution in [3.8, 4) is 22.9 Å². The molecule has 13 heteroatoms. The Hall–Kier alpha value is -3.77. The zero-order valence-corrected chi connectivity index (χ0v) is 24.2. The summed E-state index contributed by atoms with van der Waals surface area (Å²) in [6.07, 6.45) is 8.50. The molecule has 1 fully saturated rings. The number of piperidine rings is 1. The molecule has 0 unspecified atom stereocenters. The van der Waals surface area contributed by atoms with Gasteiger partial charge in [-0.2, -0.15) is 0 Å². The molecule has 11 nitrogen and oxygen atoms in total. The first-order valence-electron chi connectivity index (χ1n) is 13.6. The molecule has 0 aliphatic carbocycles. The topological polar surface area (TPSA) is 119 Å². The van der Waals surface area contributed by atoms with Gasteiger partial charge in [-0.25, -0.2) is 24.7 Å². The largest absolute Gasteiger partial charge is 0.480 e. The molecule has 1 saturated heterocycles. The second-order valence-corrected chi connectivity index (χ2v) is 11.2. The van der Waals surface area contributed by atoms with Gasteiger partial charge in [-0.3, -0.25) is 4.90 Å². The number of hydrogen-bond acceptors (Lipinski definition) is 9. The van der Waals surface area contributed by atoms with E-state index >= 15 is 0 Å². The van der Waals surface area contributed by atoms with E-state index in [-0.39, 0.29) is 12.7 Å². The number of aliphatic carboxylic acids is 1. The van der Waals surface area contributed by atoms with Crippen LogP contribution in [0.1, 0.15) is 24.1 Å². The highest BCUT2D eigenvalue weighted by Gasteiger charge is 2.22. The highest BCUT2D eigenvalue weighted by molar-refractivity contribution is 6.35. The van der Waals surface area contributed by atoms with Crippen LogP contribution >= 0.6 is 23.2 Å². The third-order valence-electron chi connectivity index (χ3n) is 7.29. The lowest BCUT2D eigenvalue weighted by atomic mass is 10.1. The Morgan fingerprint density at radius 1 is 0.976 bits per heavy atom. The number of nitrogens with zero attached hydrogens (tertiary/aromatic N) is 7. The lowest BCUT2D eigenvalue weighted by molar-refractivity contribution is -0.145. The predicted molar refractivity (Wildman–Crippen MR) is 157 cm³/mol. The molecule has 6 rings (SSSR count). The quantitative estimate of drug-likeness (QED) is 0.280. The number of benzene rings is 1. The number of carboxylic acids is 1. The van der Waals surface area contributed by atoms with Gasteiger partial charge in [-0.15, -0.1) is 0 Å². The SMILES string of the molecule is O=C(O)COC1CCN(Cc2cc(Oc3cnc(N4CCn5cncc5C4)nc3)nc(-c3cc(Cl)cc(Cl)c3)c2)CC1. The van der Waals surface area contributed by atoms with Crippen LogP contribution in [-0.2, 0) is 29.2 Å². The van der Waals surface area contributed by atoms with Crippen LogP contribution < -0.4 is 9.64 Å². The van der Waals surface area contributed by atoms with E-state index in [2.05, 4.69) is 29.3 Å². The Morgan fingerprint density at radius 3 is 2.48 bits per heavy atom. The van der Waals surface area contributed by atoms with E-state index in [0.717, 1.165) is 55.8 Å². The van der Waals surface area contributed by atoms with Crippen molar-refractivity contribution in [2.24, 2.45) is 0 Å². The molecular formula is C29H29Cl2N7O4. The zero-order chi connectivity index (χ0) is 29.1. The van der Waals surface area contributed by atoms with E-state index in [0.29, 0.717) is 46.4 Å². The van der Waals surface area contributed by atoms with Gasteiger partial charge in [-0.05, 0) is 42.7 Å². The molecule has 2 aliphatic rings. The molecule has 0 spiro atoms. The van der Waals surface area contributed by atoms with Crippen molar-refractivity contribution in [3.63, 3.8) is 0 Å². The molecule has 1 aromatic carbocycles. The van der Waals surface area contributed by atoms with Crippen LogP contribution in [0.3, 0.4) is 0 Å². The summed E-state index contributed by atoms with van der Waals surface area (Å²) in [6, 6.07) is 9.22. The van der Waals surface area contributed by atoms with Crippen LogP contribution in [-0.4, -0.2) is 72.8 Å². The molecule has 5 heterocycles. The highest BCUT2D eigenvalue weighted by atomic mass is 35.5. The van der Waals surface area contributed by atoms with Crippen molar-refractivity contribution in [1.29, 1.82) is 0 Å². The van der Waals surface area contributed by atoms with Gasteiger partial charge < -0.3 is 24.0 Å². The summed E-state index contributed by atoms with van der Waals surface area (Å²) in [5, 5.41) is 9.92. The van der Waals surface area contributed by atoms with E-state index < -0.39 is 5.97 Å². The molecule has 218 valence electrons. The second kappa shape index (κ2) is 12.6. The van der Waals surface area contributed by atoms with Crippen molar-refractivity contribution in [2.75, 3.05) is 31.1 Å². The van der Waals surface area contributed by atoms with Gasteiger partial charge >= 0.3 is 5.97 Å². The normalized spacial score (nSPS) is 15.9. The standard InChI is InChI=1S/C29H29Cl2N7O4/c30-21-9-20(10-22(31)11-21)26-7-19(15-36-3-1-24(2-4-36)41-17-28(39)40)8-27(35-26)42-25-13-33-29(34-14-25)37-5-6-38-18-32-12-23(38)16-37/h7-14,18,24H,1-6,15-17H2,(H,39,40). The molecule has 4 aromatic rings. The second-order valence-electron chi connectivity index (χ2n) is 10.4. The van der Waals surface area contributed by atoms with Crippen LogP contribution in [0.5, 0.6) is 11.6 Å². The third-order valence-corrected chi connectivity index (χ3v) is 7.72. The Kier molecular flexibility index (Phi) is 8.52. The van der Waals surface area contributed by atoms with Crippen LogP contribution in [0.15, 0.2) is 55.2 Å². The number of imidazole rings is 1. The number of carbonyl (C=O) groups is 1. The first kappa shape index (κ1) is 28.4. The fraction of sp³-hybridized carbons (Fsp3) is 0.345. The van der Waals surface area contributed by atoms with Crippen molar-refractivity contribution < 1.29 is 19.4 Å². The Bertz CT molecular complexity index is 1540. The summed E-state index contributed by atoms with van der Waals surface area (Å²) >= 11 is 12.6. The fourth-order valence-corrected chi connectivity index (χ4v) is 5.76. The number of ether oxygens (including phenoxy) is 2. The van der Waals surface area contributed by atoms with E-state index in [1.165, 1.54) is 0 Å². The van der Waals surface area contributed by atoms with E-state index in [4.69, 9.17) is 42.8 Å². The summed E-state index contributed by atoms with van der Waals surface area (Å²) in [4.78, 5) is 33.3. The number of pyridine rings is 1. The zero-order valence-electron chi connectivity index (χ0n) is 22.7. The minimum atomic E-state index is -0.949. The molecule has 1 N–H and O–H groups in total. The minimum absolute atomic E-state index is 0.0482. The van der Waals surface area contributed by atoms with Gasteiger partial charge in [0, 0.05) is 60.6 Å². The molecule has 2 aliphatic heterocycles. The third kappa shape index (κ3) is 6.99. The van der Waals surface area contributed by atoms with Crippen LogP contribution in [0, 0.1) is 0 Å². The maximum absolute atomic E-state index is 10.8. The molecular weight excluding hydrogens is 581 g/mol. The van der Waals surface area contributed by atoms with Gasteiger partial charge in [0.1, 0.15) is 6.61 Å².